The molecule has 7 heteroatoms. The summed E-state index contributed by atoms with van der Waals surface area (Å²) in [6, 6.07) is 5.14. The normalized spacial score (nSPS) is 19.2. The number of hydrogen-bond donors (Lipinski definition) is 2. The van der Waals surface area contributed by atoms with Crippen LogP contribution >= 0.6 is 11.6 Å². The average molecular weight is 435 g/mol. The summed E-state index contributed by atoms with van der Waals surface area (Å²) in [7, 11) is 0. The van der Waals surface area contributed by atoms with Crippen molar-refractivity contribution in [1.82, 2.24) is 15.1 Å². The summed E-state index contributed by atoms with van der Waals surface area (Å²) in [5.74, 6) is 0.562. The van der Waals surface area contributed by atoms with E-state index in [1.807, 2.05) is 26.8 Å². The van der Waals surface area contributed by atoms with Crippen molar-refractivity contribution >= 4 is 23.2 Å². The third-order valence-electron chi connectivity index (χ3n) is 5.78. The van der Waals surface area contributed by atoms with E-state index in [0.717, 1.165) is 18.8 Å². The topological polar surface area (TPSA) is 59.0 Å². The molecular weight excluding hydrogens is 403 g/mol. The van der Waals surface area contributed by atoms with Gasteiger partial charge in [0.2, 0.25) is 0 Å². The molecule has 164 valence electrons. The number of aromatic nitrogens is 2. The van der Waals surface area contributed by atoms with Crippen LogP contribution in [0.1, 0.15) is 63.9 Å². The molecule has 0 atom stereocenters. The minimum atomic E-state index is -0.402. The molecule has 3 rings (SSSR count). The van der Waals surface area contributed by atoms with Crippen LogP contribution in [-0.2, 0) is 6.54 Å². The van der Waals surface area contributed by atoms with Gasteiger partial charge >= 0.3 is 0 Å². The number of amides is 1. The molecule has 1 aliphatic carbocycles. The summed E-state index contributed by atoms with van der Waals surface area (Å²) < 4.78 is 16.5. The first kappa shape index (κ1) is 22.6. The maximum absolute atomic E-state index is 14.9. The Labute approximate surface area is 183 Å². The first-order valence-corrected chi connectivity index (χ1v) is 11.3. The predicted molar refractivity (Wildman–Crippen MR) is 121 cm³/mol. The van der Waals surface area contributed by atoms with Crippen molar-refractivity contribution in [2.45, 2.75) is 66.0 Å². The lowest BCUT2D eigenvalue weighted by Crippen LogP contribution is -2.31. The van der Waals surface area contributed by atoms with Gasteiger partial charge in [0, 0.05) is 30.4 Å². The molecule has 2 aromatic rings. The fourth-order valence-electron chi connectivity index (χ4n) is 4.06. The predicted octanol–water partition coefficient (Wildman–Crippen LogP) is 5.74. The van der Waals surface area contributed by atoms with Crippen LogP contribution < -0.4 is 10.6 Å². The monoisotopic (exact) mass is 434 g/mol. The van der Waals surface area contributed by atoms with Gasteiger partial charge in [0.25, 0.3) is 5.91 Å². The molecule has 0 unspecified atom stereocenters. The molecule has 1 amide bonds. The highest BCUT2D eigenvalue weighted by atomic mass is 35.5. The first-order valence-electron chi connectivity index (χ1n) is 10.9. The maximum Gasteiger partial charge on any atom is 0.273 e. The molecule has 0 bridgehead atoms. The van der Waals surface area contributed by atoms with E-state index in [-0.39, 0.29) is 22.7 Å². The van der Waals surface area contributed by atoms with E-state index in [2.05, 4.69) is 22.7 Å². The Bertz CT molecular complexity index is 888. The van der Waals surface area contributed by atoms with Crippen molar-refractivity contribution in [2.75, 3.05) is 11.9 Å². The van der Waals surface area contributed by atoms with Crippen LogP contribution in [0.3, 0.4) is 0 Å². The van der Waals surface area contributed by atoms with E-state index >= 15 is 0 Å². The van der Waals surface area contributed by atoms with Gasteiger partial charge in [-0.2, -0.15) is 5.10 Å². The molecule has 0 spiro atoms. The van der Waals surface area contributed by atoms with E-state index in [4.69, 9.17) is 11.6 Å². The number of nitrogens with zero attached hydrogens (tertiary/aromatic N) is 2. The first-order chi connectivity index (χ1) is 14.3. The molecule has 1 aromatic carbocycles. The third-order valence-corrected chi connectivity index (χ3v) is 6.13. The molecule has 1 heterocycles. The van der Waals surface area contributed by atoms with E-state index in [0.29, 0.717) is 36.0 Å². The number of hydrogen-bond acceptors (Lipinski definition) is 3. The zero-order valence-electron chi connectivity index (χ0n) is 18.3. The quantitative estimate of drug-likeness (QED) is 0.584. The molecule has 2 N–H and O–H groups in total. The molecule has 1 saturated carbocycles. The summed E-state index contributed by atoms with van der Waals surface area (Å²) in [6.45, 7) is 9.26. The SMILES string of the molecule is CCn1nc(C(=O)NCC2CCC(C)CC2)c(Cl)c1-c1ccc(NC(C)C)cc1F. The number of anilines is 1. The molecule has 0 saturated heterocycles. The van der Waals surface area contributed by atoms with Gasteiger partial charge in [0.05, 0.1) is 10.7 Å². The summed E-state index contributed by atoms with van der Waals surface area (Å²) in [5.41, 5.74) is 1.62. The highest BCUT2D eigenvalue weighted by Crippen LogP contribution is 2.34. The van der Waals surface area contributed by atoms with Gasteiger partial charge in [0.15, 0.2) is 5.69 Å². The largest absolute Gasteiger partial charge is 0.383 e. The van der Waals surface area contributed by atoms with Gasteiger partial charge < -0.3 is 10.6 Å². The van der Waals surface area contributed by atoms with Gasteiger partial charge in [-0.05, 0) is 63.6 Å². The minimum absolute atomic E-state index is 0.154. The van der Waals surface area contributed by atoms with Gasteiger partial charge in [-0.3, -0.25) is 9.48 Å². The third kappa shape index (κ3) is 5.15. The number of benzene rings is 1. The standard InChI is InChI=1S/C23H32ClFN4O/c1-5-29-22(18-11-10-17(12-19(18)25)27-14(2)3)20(24)21(28-29)23(30)26-13-16-8-6-15(4)7-9-16/h10-12,14-16,27H,5-9,13H2,1-4H3,(H,26,30). The lowest BCUT2D eigenvalue weighted by Gasteiger charge is -2.26. The van der Waals surface area contributed by atoms with Crippen LogP contribution in [0.2, 0.25) is 5.02 Å². The Morgan fingerprint density at radius 1 is 1.30 bits per heavy atom. The highest BCUT2D eigenvalue weighted by molar-refractivity contribution is 6.36. The zero-order valence-corrected chi connectivity index (χ0v) is 19.0. The van der Waals surface area contributed by atoms with Gasteiger partial charge in [-0.15, -0.1) is 0 Å². The van der Waals surface area contributed by atoms with E-state index in [1.54, 1.807) is 10.7 Å². The average Bonchev–Trinajstić information content (AvgIpc) is 3.03. The number of carbonyl (C=O) groups is 1. The Hall–Kier alpha value is -2.08. The lowest BCUT2D eigenvalue weighted by atomic mass is 9.83. The molecule has 0 radical (unpaired) electrons. The van der Waals surface area contributed by atoms with Crippen LogP contribution in [0.25, 0.3) is 11.3 Å². The molecule has 30 heavy (non-hydrogen) atoms. The second kappa shape index (κ2) is 9.82. The molecule has 1 fully saturated rings. The van der Waals surface area contributed by atoms with Crippen molar-refractivity contribution in [3.63, 3.8) is 0 Å². The molecule has 1 aliphatic rings. The Kier molecular flexibility index (Phi) is 7.40. The van der Waals surface area contributed by atoms with Gasteiger partial charge in [-0.1, -0.05) is 31.4 Å². The van der Waals surface area contributed by atoms with Gasteiger partial charge in [-0.25, -0.2) is 4.39 Å². The zero-order chi connectivity index (χ0) is 21.8. The van der Waals surface area contributed by atoms with Gasteiger partial charge in [0.1, 0.15) is 5.82 Å². The maximum atomic E-state index is 14.9. The van der Waals surface area contributed by atoms with Crippen molar-refractivity contribution in [3.05, 3.63) is 34.7 Å². The highest BCUT2D eigenvalue weighted by Gasteiger charge is 2.25. The molecule has 1 aromatic heterocycles. The fourth-order valence-corrected chi connectivity index (χ4v) is 4.38. The summed E-state index contributed by atoms with van der Waals surface area (Å²) in [6.07, 6.45) is 4.67. The number of rotatable bonds is 7. The van der Waals surface area contributed by atoms with E-state index < -0.39 is 5.82 Å². The summed E-state index contributed by atoms with van der Waals surface area (Å²) in [5, 5.41) is 10.7. The van der Waals surface area contributed by atoms with Crippen LogP contribution in [0.5, 0.6) is 0 Å². The molecule has 5 nitrogen and oxygen atoms in total. The van der Waals surface area contributed by atoms with Crippen LogP contribution in [-0.4, -0.2) is 28.3 Å². The Morgan fingerprint density at radius 2 is 2.00 bits per heavy atom. The fraction of sp³-hybridized carbons (Fsp3) is 0.565. The van der Waals surface area contributed by atoms with Crippen LogP contribution in [0.4, 0.5) is 10.1 Å². The van der Waals surface area contributed by atoms with E-state index in [9.17, 15) is 9.18 Å². The van der Waals surface area contributed by atoms with Crippen molar-refractivity contribution in [2.24, 2.45) is 11.8 Å². The van der Waals surface area contributed by atoms with E-state index in [1.165, 1.54) is 18.9 Å². The lowest BCUT2D eigenvalue weighted by molar-refractivity contribution is 0.0936. The summed E-state index contributed by atoms with van der Waals surface area (Å²) in [4.78, 5) is 12.8. The number of halogens is 2. The van der Waals surface area contributed by atoms with Crippen LogP contribution in [0, 0.1) is 17.7 Å². The number of nitrogens with one attached hydrogen (secondary N) is 2. The number of carbonyl (C=O) groups excluding carboxylic acids is 1. The summed E-state index contributed by atoms with van der Waals surface area (Å²) >= 11 is 6.55. The Morgan fingerprint density at radius 3 is 2.60 bits per heavy atom. The molecule has 0 aliphatic heterocycles. The smallest absolute Gasteiger partial charge is 0.273 e. The Balaban J connectivity index is 1.80. The second-order valence-corrected chi connectivity index (χ2v) is 9.03. The van der Waals surface area contributed by atoms with Crippen molar-refractivity contribution in [1.29, 1.82) is 0 Å². The molecular formula is C23H32ClFN4O. The van der Waals surface area contributed by atoms with Crippen LogP contribution in [0.15, 0.2) is 18.2 Å². The van der Waals surface area contributed by atoms with Crippen molar-refractivity contribution < 1.29 is 9.18 Å². The van der Waals surface area contributed by atoms with Crippen molar-refractivity contribution in [3.8, 4) is 11.3 Å². The number of aryl methyl sites for hydroxylation is 1. The second-order valence-electron chi connectivity index (χ2n) is 8.66. The minimum Gasteiger partial charge on any atom is -0.383 e.